The number of rotatable bonds is 45. The van der Waals surface area contributed by atoms with Crippen molar-refractivity contribution in [1.29, 1.82) is 0 Å². The summed E-state index contributed by atoms with van der Waals surface area (Å²) in [5, 5.41) is 95.7. The van der Waals surface area contributed by atoms with Gasteiger partial charge in [0.05, 0.1) is 19.8 Å². The third-order valence-electron chi connectivity index (χ3n) is 18.0. The summed E-state index contributed by atoms with van der Waals surface area (Å²) < 4.78 is 71.7. The zero-order valence-electron chi connectivity index (χ0n) is 61.6. The third kappa shape index (κ3) is 35.4. The molecule has 17 atom stereocenters. The molecular weight excluding hydrogens is 1330 g/mol. The number of aliphatic hydroxyl groups excluding tert-OH is 9. The lowest BCUT2D eigenvalue weighted by molar-refractivity contribution is -0.378. The lowest BCUT2D eigenvalue weighted by Crippen LogP contribution is -2.66. The number of esters is 1. The van der Waals surface area contributed by atoms with Crippen LogP contribution < -0.4 is 9.79 Å². The van der Waals surface area contributed by atoms with Gasteiger partial charge in [-0.25, -0.2) is 4.31 Å². The number of phosphoric ester groups is 2. The van der Waals surface area contributed by atoms with Crippen LogP contribution in [-0.4, -0.2) is 170 Å². The first-order valence-corrected chi connectivity index (χ1v) is 38.3. The molecule has 0 aromatic rings. The van der Waals surface area contributed by atoms with Gasteiger partial charge in [-0.1, -0.05) is 128 Å². The van der Waals surface area contributed by atoms with Crippen LogP contribution in [0.4, 0.5) is 0 Å². The normalized spacial score (nSPS) is 29.1. The van der Waals surface area contributed by atoms with Crippen LogP contribution in [0.1, 0.15) is 218 Å². The quantitative estimate of drug-likeness (QED) is 0.0155. The average Bonchev–Trinajstić information content (AvgIpc) is 0.781. The first-order valence-electron chi connectivity index (χ1n) is 35.4. The monoisotopic (exact) mass is 1450 g/mol. The predicted octanol–water partition coefficient (Wildman–Crippen LogP) is 11.2. The summed E-state index contributed by atoms with van der Waals surface area (Å²) >= 11 is 0. The van der Waals surface area contributed by atoms with Crippen LogP contribution in [0.2, 0.25) is 0 Å². The van der Waals surface area contributed by atoms with E-state index in [1.54, 1.807) is 13.0 Å². The fourth-order valence-electron chi connectivity index (χ4n) is 11.4. The van der Waals surface area contributed by atoms with Crippen LogP contribution in [0.25, 0.3) is 0 Å². The van der Waals surface area contributed by atoms with Gasteiger partial charge in [-0.3, -0.25) is 18.4 Å². The van der Waals surface area contributed by atoms with E-state index in [1.807, 2.05) is 6.92 Å². The molecule has 0 spiro atoms. The molecule has 0 aromatic heterocycles. The SMILES string of the molecule is C/C=C(/C)CC/C=C(/C)CC/C=C(/C)CC/C=C(/C)CC/C=C(/C)CC/C=C(/C)CC/C=C(/C)CC/C=C(/C)CC/C=C(\C)CC/C=C(\C)CC/C=C(\C)COP(=O)([O-])OP(=O)([O-])O[C@H]1O[C@H](CO)[C@H](O)[C@H](O[C@@H]2O[C@H](CO)[C@@H](O[C@@H]3O[C@H](COC(C)=O)[C@@H](O)[C@H](O)[C@H]3O)[C@H](O)[C@H]2O)[C@H]1O. The number of carbonyl (C=O) groups excluding carboxylic acids is 1. The van der Waals surface area contributed by atoms with Gasteiger partial charge < -0.3 is 88.7 Å². The Hall–Kier alpha value is -3.69. The van der Waals surface area contributed by atoms with Gasteiger partial charge in [0, 0.05) is 6.92 Å². The lowest BCUT2D eigenvalue weighted by Gasteiger charge is -2.48. The number of ether oxygens (including phenoxy) is 6. The number of carbonyl (C=O) groups is 1. The molecule has 0 bridgehead atoms. The van der Waals surface area contributed by atoms with Crippen LogP contribution in [-0.2, 0) is 55.7 Å². The summed E-state index contributed by atoms with van der Waals surface area (Å²) in [6.07, 6.45) is 16.0. The van der Waals surface area contributed by atoms with Crippen molar-refractivity contribution >= 4 is 21.6 Å². The second-order valence-corrected chi connectivity index (χ2v) is 30.2. The number of hydrogen-bond donors (Lipinski definition) is 9. The van der Waals surface area contributed by atoms with E-state index in [9.17, 15) is 69.7 Å². The van der Waals surface area contributed by atoms with Gasteiger partial charge in [0.1, 0.15) is 79.9 Å². The number of allylic oxidation sites excluding steroid dienone is 21. The Kier molecular flexibility index (Phi) is 43.2. The molecular formula is C75H122O23P2-2. The highest BCUT2D eigenvalue weighted by atomic mass is 31.3. The molecule has 0 aliphatic carbocycles. The molecule has 0 radical (unpaired) electrons. The highest BCUT2D eigenvalue weighted by molar-refractivity contribution is 7.59. The minimum Gasteiger partial charge on any atom is -0.756 e. The minimum absolute atomic E-state index is 0.431. The standard InChI is InChI=1S/C75H124O23P2/c1-14-49(2)25-15-26-50(3)27-16-28-51(4)29-17-30-52(5)31-18-32-53(6)33-19-34-54(7)35-20-36-55(8)37-21-38-56(9)39-22-40-57(10)41-23-42-58(11)43-24-44-59(12)47-91-99(86,87)98-100(88,89)97-75-70(85)72(65(80)61(45-76)92-75)96-74-69(84)67(82)71(62(46-77)93-74)95-73-68(83)66(81)64(79)63(94-73)48-90-60(13)78/h14,26,28,30,32,34,36,38,40,42,44,61-77,79-85H,15-25,27,29,31,33,35,37,39,41,43,45-48H2,1-13H3,(H,86,87)(H,88,89)/p-2/b49-14-,50-26-,51-28-,52-30-,53-32-,54-34-,55-36-,56-38-,57-40+,58-42+,59-44+/t61-,62-,63-,64-,65+,66+,67-,68-,69-,70-,71-,72+,73+,74+,75-/m1/s1. The Labute approximate surface area is 595 Å². The van der Waals surface area contributed by atoms with E-state index in [0.29, 0.717) is 18.4 Å². The summed E-state index contributed by atoms with van der Waals surface area (Å²) in [5.41, 5.74) is 14.6. The molecule has 100 heavy (non-hydrogen) atoms. The smallest absolute Gasteiger partial charge is 0.302 e. The lowest BCUT2D eigenvalue weighted by atomic mass is 9.96. The zero-order chi connectivity index (χ0) is 74.7. The number of aliphatic hydroxyl groups is 9. The Balaban J connectivity index is 1.34. The molecule has 3 rings (SSSR count). The molecule has 3 saturated heterocycles. The van der Waals surface area contributed by atoms with Crippen LogP contribution >= 0.6 is 15.6 Å². The Morgan fingerprint density at radius 3 is 1.05 bits per heavy atom. The van der Waals surface area contributed by atoms with Gasteiger partial charge >= 0.3 is 5.97 Å². The molecule has 23 nitrogen and oxygen atoms in total. The molecule has 572 valence electrons. The first-order chi connectivity index (χ1) is 47.2. The van der Waals surface area contributed by atoms with Crippen LogP contribution in [0, 0.1) is 0 Å². The van der Waals surface area contributed by atoms with Gasteiger partial charge in [0.2, 0.25) is 0 Å². The highest BCUT2D eigenvalue weighted by Crippen LogP contribution is 2.57. The van der Waals surface area contributed by atoms with E-state index in [0.717, 1.165) is 128 Å². The maximum Gasteiger partial charge on any atom is 0.302 e. The van der Waals surface area contributed by atoms with E-state index < -0.39 is 140 Å². The molecule has 3 aliphatic heterocycles. The molecule has 25 heteroatoms. The molecule has 3 fully saturated rings. The van der Waals surface area contributed by atoms with Gasteiger partial charge in [-0.15, -0.1) is 0 Å². The minimum atomic E-state index is -6.04. The summed E-state index contributed by atoms with van der Waals surface area (Å²) in [6.45, 7) is 23.6. The van der Waals surface area contributed by atoms with E-state index in [-0.39, 0.29) is 0 Å². The summed E-state index contributed by atoms with van der Waals surface area (Å²) in [5.74, 6) is -0.768. The van der Waals surface area contributed by atoms with Crippen molar-refractivity contribution in [3.8, 4) is 0 Å². The molecule has 3 aliphatic rings. The van der Waals surface area contributed by atoms with Crippen molar-refractivity contribution in [2.24, 2.45) is 0 Å². The average molecular weight is 1450 g/mol. The first kappa shape index (κ1) is 90.5. The maximum absolute atomic E-state index is 13.0. The topological polar surface area (TPSA) is 362 Å². The number of hydrogen-bond acceptors (Lipinski definition) is 23. The third-order valence-corrected chi connectivity index (χ3v) is 20.5. The molecule has 0 amide bonds. The van der Waals surface area contributed by atoms with E-state index in [2.05, 4.69) is 134 Å². The van der Waals surface area contributed by atoms with Gasteiger partial charge in [-0.05, 0) is 212 Å². The van der Waals surface area contributed by atoms with Crippen LogP contribution in [0.5, 0.6) is 0 Å². The van der Waals surface area contributed by atoms with Crippen LogP contribution in [0.15, 0.2) is 128 Å². The Morgan fingerprint density at radius 2 is 0.700 bits per heavy atom. The highest BCUT2D eigenvalue weighted by Gasteiger charge is 2.54. The van der Waals surface area contributed by atoms with Crippen molar-refractivity contribution in [3.63, 3.8) is 0 Å². The fourth-order valence-corrected chi connectivity index (χ4v) is 13.5. The largest absolute Gasteiger partial charge is 0.756 e. The van der Waals surface area contributed by atoms with Crippen molar-refractivity contribution in [1.82, 2.24) is 0 Å². The molecule has 2 unspecified atom stereocenters. The molecule has 0 saturated carbocycles. The summed E-state index contributed by atoms with van der Waals surface area (Å²) in [6, 6.07) is 0. The van der Waals surface area contributed by atoms with Crippen molar-refractivity contribution in [2.75, 3.05) is 26.4 Å². The van der Waals surface area contributed by atoms with Crippen molar-refractivity contribution < 1.29 is 111 Å². The van der Waals surface area contributed by atoms with Crippen molar-refractivity contribution in [3.05, 3.63) is 128 Å². The van der Waals surface area contributed by atoms with E-state index >= 15 is 0 Å². The second-order valence-electron chi connectivity index (χ2n) is 27.3. The predicted molar refractivity (Wildman–Crippen MR) is 381 cm³/mol. The van der Waals surface area contributed by atoms with Gasteiger partial charge in [0.15, 0.2) is 18.9 Å². The summed E-state index contributed by atoms with van der Waals surface area (Å²) in [4.78, 5) is 37.1. The zero-order valence-corrected chi connectivity index (χ0v) is 63.4. The molecule has 9 N–H and O–H groups in total. The van der Waals surface area contributed by atoms with Crippen molar-refractivity contribution in [2.45, 2.75) is 311 Å². The van der Waals surface area contributed by atoms with Gasteiger partial charge in [0.25, 0.3) is 15.6 Å². The molecule has 0 aromatic carbocycles. The summed E-state index contributed by atoms with van der Waals surface area (Å²) in [7, 11) is -11.7. The second kappa shape index (κ2) is 47.7. The van der Waals surface area contributed by atoms with E-state index in [1.165, 1.54) is 50.2 Å². The Bertz CT molecular complexity index is 2920. The molecule has 3 heterocycles. The van der Waals surface area contributed by atoms with Crippen LogP contribution in [0.3, 0.4) is 0 Å². The maximum atomic E-state index is 13.0. The number of phosphoric acid groups is 2. The fraction of sp³-hybridized carbons (Fsp3) is 0.693. The van der Waals surface area contributed by atoms with Gasteiger partial charge in [-0.2, -0.15) is 0 Å². The van der Waals surface area contributed by atoms with E-state index in [4.69, 9.17) is 37.5 Å². The Morgan fingerprint density at radius 1 is 0.380 bits per heavy atom.